The zero-order valence-electron chi connectivity index (χ0n) is 11.3. The average molecular weight is 268 g/mol. The number of nitrogens with zero attached hydrogens (tertiary/aromatic N) is 1. The van der Waals surface area contributed by atoms with Crippen LogP contribution >= 0.6 is 0 Å². The lowest BCUT2D eigenvalue weighted by Crippen LogP contribution is -2.15. The summed E-state index contributed by atoms with van der Waals surface area (Å²) in [6.07, 6.45) is 0. The Balaban J connectivity index is 2.65. The standard InChI is InChI=1S/C13H20N2O4/c1-3-18-6-7-19-9-10-4-5-12(17-2)11(8-10)13(14)15-16/h4-5,8,16H,3,6-7,9H2,1-2H3,(H2,14,15). The third kappa shape index (κ3) is 4.76. The molecule has 0 fully saturated rings. The summed E-state index contributed by atoms with van der Waals surface area (Å²) in [6.45, 7) is 4.15. The summed E-state index contributed by atoms with van der Waals surface area (Å²) in [5.74, 6) is 0.557. The minimum Gasteiger partial charge on any atom is -0.496 e. The molecule has 0 aliphatic carbocycles. The SMILES string of the molecule is CCOCCOCc1ccc(OC)c(C(N)=NO)c1. The van der Waals surface area contributed by atoms with Crippen LogP contribution in [0.3, 0.4) is 0 Å². The summed E-state index contributed by atoms with van der Waals surface area (Å²) in [4.78, 5) is 0. The van der Waals surface area contributed by atoms with Crippen molar-refractivity contribution in [2.75, 3.05) is 26.9 Å². The third-order valence-electron chi connectivity index (χ3n) is 2.49. The first-order valence-corrected chi connectivity index (χ1v) is 6.03. The van der Waals surface area contributed by atoms with Crippen LogP contribution in [0.4, 0.5) is 0 Å². The average Bonchev–Trinajstić information content (AvgIpc) is 2.46. The van der Waals surface area contributed by atoms with Crippen molar-refractivity contribution >= 4 is 5.84 Å². The number of amidine groups is 1. The second kappa shape index (κ2) is 8.34. The van der Waals surface area contributed by atoms with E-state index in [0.29, 0.717) is 37.7 Å². The highest BCUT2D eigenvalue weighted by molar-refractivity contribution is 5.99. The summed E-state index contributed by atoms with van der Waals surface area (Å²) in [7, 11) is 1.53. The zero-order valence-corrected chi connectivity index (χ0v) is 11.3. The van der Waals surface area contributed by atoms with Crippen molar-refractivity contribution in [1.82, 2.24) is 0 Å². The van der Waals surface area contributed by atoms with Crippen molar-refractivity contribution < 1.29 is 19.4 Å². The van der Waals surface area contributed by atoms with E-state index in [1.165, 1.54) is 7.11 Å². The molecule has 1 aromatic rings. The molecule has 6 heteroatoms. The van der Waals surface area contributed by atoms with Gasteiger partial charge >= 0.3 is 0 Å². The van der Waals surface area contributed by atoms with Gasteiger partial charge in [-0.05, 0) is 24.6 Å². The molecule has 0 atom stereocenters. The number of oxime groups is 1. The van der Waals surface area contributed by atoms with Gasteiger partial charge < -0.3 is 25.2 Å². The first kappa shape index (κ1) is 15.3. The molecule has 3 N–H and O–H groups in total. The largest absolute Gasteiger partial charge is 0.496 e. The Morgan fingerprint density at radius 2 is 2.05 bits per heavy atom. The zero-order chi connectivity index (χ0) is 14.1. The Kier molecular flexibility index (Phi) is 6.70. The van der Waals surface area contributed by atoms with E-state index in [0.717, 1.165) is 5.56 Å². The van der Waals surface area contributed by atoms with E-state index in [1.807, 2.05) is 13.0 Å². The molecule has 106 valence electrons. The maximum Gasteiger partial charge on any atom is 0.173 e. The smallest absolute Gasteiger partial charge is 0.173 e. The first-order valence-electron chi connectivity index (χ1n) is 6.03. The summed E-state index contributed by atoms with van der Waals surface area (Å²) < 4.78 is 15.8. The van der Waals surface area contributed by atoms with Gasteiger partial charge in [0.2, 0.25) is 0 Å². The van der Waals surface area contributed by atoms with Crippen LogP contribution in [0.2, 0.25) is 0 Å². The highest BCUT2D eigenvalue weighted by Crippen LogP contribution is 2.20. The van der Waals surface area contributed by atoms with Crippen molar-refractivity contribution in [2.45, 2.75) is 13.5 Å². The molecule has 0 bridgehead atoms. The second-order valence-electron chi connectivity index (χ2n) is 3.77. The highest BCUT2D eigenvalue weighted by Gasteiger charge is 2.09. The van der Waals surface area contributed by atoms with Gasteiger partial charge in [0.25, 0.3) is 0 Å². The molecular formula is C13H20N2O4. The summed E-state index contributed by atoms with van der Waals surface area (Å²) in [5.41, 5.74) is 7.05. The molecule has 0 aromatic heterocycles. The highest BCUT2D eigenvalue weighted by atomic mass is 16.5. The van der Waals surface area contributed by atoms with E-state index in [2.05, 4.69) is 5.16 Å². The maximum absolute atomic E-state index is 8.73. The van der Waals surface area contributed by atoms with Crippen LogP contribution in [0.15, 0.2) is 23.4 Å². The molecule has 1 rings (SSSR count). The number of ether oxygens (including phenoxy) is 3. The molecule has 6 nitrogen and oxygen atoms in total. The summed E-state index contributed by atoms with van der Waals surface area (Å²) in [5, 5.41) is 11.7. The monoisotopic (exact) mass is 268 g/mol. The molecule has 19 heavy (non-hydrogen) atoms. The fourth-order valence-corrected chi connectivity index (χ4v) is 1.55. The van der Waals surface area contributed by atoms with Crippen LogP contribution in [0.25, 0.3) is 0 Å². The number of hydrogen-bond acceptors (Lipinski definition) is 5. The molecule has 0 aliphatic heterocycles. The summed E-state index contributed by atoms with van der Waals surface area (Å²) >= 11 is 0. The van der Waals surface area contributed by atoms with Gasteiger partial charge in [0.1, 0.15) is 5.75 Å². The minimum absolute atomic E-state index is 0.00742. The van der Waals surface area contributed by atoms with Gasteiger partial charge in [-0.2, -0.15) is 0 Å². The van der Waals surface area contributed by atoms with E-state index in [-0.39, 0.29) is 5.84 Å². The second-order valence-corrected chi connectivity index (χ2v) is 3.77. The Morgan fingerprint density at radius 1 is 1.32 bits per heavy atom. The molecule has 0 saturated heterocycles. The van der Waals surface area contributed by atoms with Gasteiger partial charge in [0.15, 0.2) is 5.84 Å². The number of methoxy groups -OCH3 is 1. The lowest BCUT2D eigenvalue weighted by molar-refractivity contribution is 0.0453. The third-order valence-corrected chi connectivity index (χ3v) is 2.49. The van der Waals surface area contributed by atoms with Gasteiger partial charge in [0, 0.05) is 6.61 Å². The van der Waals surface area contributed by atoms with Crippen LogP contribution in [0.1, 0.15) is 18.1 Å². The fourth-order valence-electron chi connectivity index (χ4n) is 1.55. The topological polar surface area (TPSA) is 86.3 Å². The minimum atomic E-state index is 0.00742. The molecule has 0 radical (unpaired) electrons. The van der Waals surface area contributed by atoms with Gasteiger partial charge in [0.05, 0.1) is 32.5 Å². The van der Waals surface area contributed by atoms with Crippen LogP contribution in [-0.2, 0) is 16.1 Å². The van der Waals surface area contributed by atoms with Gasteiger partial charge in [-0.1, -0.05) is 11.2 Å². The Bertz CT molecular complexity index is 421. The van der Waals surface area contributed by atoms with E-state index >= 15 is 0 Å². The van der Waals surface area contributed by atoms with Gasteiger partial charge in [-0.25, -0.2) is 0 Å². The number of nitrogens with two attached hydrogens (primary N) is 1. The van der Waals surface area contributed by atoms with Gasteiger partial charge in [-0.3, -0.25) is 0 Å². The lowest BCUT2D eigenvalue weighted by Gasteiger charge is -2.10. The van der Waals surface area contributed by atoms with Crippen molar-refractivity contribution in [3.8, 4) is 5.75 Å². The molecule has 0 unspecified atom stereocenters. The number of hydrogen-bond donors (Lipinski definition) is 2. The van der Waals surface area contributed by atoms with Crippen molar-refractivity contribution in [2.24, 2.45) is 10.9 Å². The first-order chi connectivity index (χ1) is 9.22. The molecule has 0 heterocycles. The van der Waals surface area contributed by atoms with E-state index in [4.69, 9.17) is 25.2 Å². The lowest BCUT2D eigenvalue weighted by atomic mass is 10.1. The predicted molar refractivity (Wildman–Crippen MR) is 71.7 cm³/mol. The molecule has 0 amide bonds. The normalized spacial score (nSPS) is 11.6. The predicted octanol–water partition coefficient (Wildman–Crippen LogP) is 1.34. The Hall–Kier alpha value is -1.79. The molecular weight excluding hydrogens is 248 g/mol. The van der Waals surface area contributed by atoms with Gasteiger partial charge in [-0.15, -0.1) is 0 Å². The molecule has 0 aliphatic rings. The van der Waals surface area contributed by atoms with Crippen LogP contribution in [0.5, 0.6) is 5.75 Å². The van der Waals surface area contributed by atoms with E-state index < -0.39 is 0 Å². The molecule has 1 aromatic carbocycles. The number of benzene rings is 1. The van der Waals surface area contributed by atoms with Crippen LogP contribution in [-0.4, -0.2) is 38.0 Å². The number of rotatable bonds is 8. The van der Waals surface area contributed by atoms with Crippen LogP contribution in [0, 0.1) is 0 Å². The van der Waals surface area contributed by atoms with Crippen molar-refractivity contribution in [3.05, 3.63) is 29.3 Å². The molecule has 0 saturated carbocycles. The maximum atomic E-state index is 8.73. The van der Waals surface area contributed by atoms with Crippen LogP contribution < -0.4 is 10.5 Å². The molecule has 0 spiro atoms. The van der Waals surface area contributed by atoms with Crippen molar-refractivity contribution in [3.63, 3.8) is 0 Å². The van der Waals surface area contributed by atoms with E-state index in [1.54, 1.807) is 12.1 Å². The van der Waals surface area contributed by atoms with E-state index in [9.17, 15) is 0 Å². The summed E-state index contributed by atoms with van der Waals surface area (Å²) in [6, 6.07) is 5.40. The van der Waals surface area contributed by atoms with Crippen molar-refractivity contribution in [1.29, 1.82) is 0 Å². The Morgan fingerprint density at radius 3 is 2.68 bits per heavy atom. The quantitative estimate of drug-likeness (QED) is 0.244. The Labute approximate surface area is 112 Å². The fraction of sp³-hybridized carbons (Fsp3) is 0.462.